The van der Waals surface area contributed by atoms with E-state index in [0.717, 1.165) is 23.5 Å². The van der Waals surface area contributed by atoms with Gasteiger partial charge in [0, 0.05) is 12.5 Å². The van der Waals surface area contributed by atoms with Crippen molar-refractivity contribution in [2.75, 3.05) is 20.3 Å². The largest absolute Gasteiger partial charge is 0.490 e. The van der Waals surface area contributed by atoms with Gasteiger partial charge in [-0.05, 0) is 24.1 Å². The standard InChI is InChI=1S/C14H19NO4/c1-17-14(16)9-11(15)7-10-3-4-12-13(8-10)19-6-2-5-18-12/h3-4,8,11H,2,5-7,9,15H2,1H3. The van der Waals surface area contributed by atoms with E-state index in [1.165, 1.54) is 7.11 Å². The topological polar surface area (TPSA) is 70.8 Å². The van der Waals surface area contributed by atoms with Crippen molar-refractivity contribution in [1.29, 1.82) is 0 Å². The normalized spacial score (nSPS) is 15.5. The van der Waals surface area contributed by atoms with Crippen molar-refractivity contribution < 1.29 is 19.0 Å². The maximum absolute atomic E-state index is 11.1. The summed E-state index contributed by atoms with van der Waals surface area (Å²) in [6.07, 6.45) is 1.70. The Labute approximate surface area is 112 Å². The highest BCUT2D eigenvalue weighted by molar-refractivity contribution is 5.69. The lowest BCUT2D eigenvalue weighted by Crippen LogP contribution is -2.26. The number of carbonyl (C=O) groups is 1. The first kappa shape index (κ1) is 13.7. The summed E-state index contributed by atoms with van der Waals surface area (Å²) in [4.78, 5) is 11.1. The van der Waals surface area contributed by atoms with Gasteiger partial charge in [-0.1, -0.05) is 6.07 Å². The molecule has 1 atom stereocenters. The molecule has 0 amide bonds. The maximum Gasteiger partial charge on any atom is 0.307 e. The van der Waals surface area contributed by atoms with Crippen molar-refractivity contribution in [3.8, 4) is 11.5 Å². The second kappa shape index (κ2) is 6.43. The Bertz CT molecular complexity index is 447. The molecule has 1 aliphatic rings. The second-order valence-electron chi connectivity index (χ2n) is 4.58. The van der Waals surface area contributed by atoms with Crippen LogP contribution in [0.3, 0.4) is 0 Å². The molecule has 0 fully saturated rings. The van der Waals surface area contributed by atoms with Crippen LogP contribution in [0.5, 0.6) is 11.5 Å². The lowest BCUT2D eigenvalue weighted by atomic mass is 10.0. The number of benzene rings is 1. The van der Waals surface area contributed by atoms with Crippen LogP contribution in [0.2, 0.25) is 0 Å². The minimum absolute atomic E-state index is 0.213. The second-order valence-corrected chi connectivity index (χ2v) is 4.58. The highest BCUT2D eigenvalue weighted by atomic mass is 16.5. The van der Waals surface area contributed by atoms with Gasteiger partial charge in [-0.25, -0.2) is 0 Å². The first-order valence-corrected chi connectivity index (χ1v) is 6.40. The van der Waals surface area contributed by atoms with Crippen LogP contribution in [-0.2, 0) is 16.0 Å². The van der Waals surface area contributed by atoms with Crippen LogP contribution in [0.25, 0.3) is 0 Å². The number of fused-ring (bicyclic) bond motifs is 1. The molecular formula is C14H19NO4. The van der Waals surface area contributed by atoms with Gasteiger partial charge in [0.1, 0.15) is 0 Å². The molecule has 0 radical (unpaired) electrons. The van der Waals surface area contributed by atoms with E-state index in [2.05, 4.69) is 4.74 Å². The van der Waals surface area contributed by atoms with Crippen molar-refractivity contribution in [1.82, 2.24) is 0 Å². The summed E-state index contributed by atoms with van der Waals surface area (Å²) in [7, 11) is 1.36. The van der Waals surface area contributed by atoms with Crippen molar-refractivity contribution in [2.45, 2.75) is 25.3 Å². The third kappa shape index (κ3) is 3.86. The first-order valence-electron chi connectivity index (χ1n) is 6.40. The smallest absolute Gasteiger partial charge is 0.307 e. The summed E-state index contributed by atoms with van der Waals surface area (Å²) in [5.41, 5.74) is 6.94. The molecule has 5 nitrogen and oxygen atoms in total. The number of esters is 1. The highest BCUT2D eigenvalue weighted by Crippen LogP contribution is 2.30. The Hall–Kier alpha value is -1.75. The van der Waals surface area contributed by atoms with Gasteiger partial charge in [-0.2, -0.15) is 0 Å². The van der Waals surface area contributed by atoms with E-state index in [-0.39, 0.29) is 18.4 Å². The quantitative estimate of drug-likeness (QED) is 0.830. The van der Waals surface area contributed by atoms with Gasteiger partial charge in [0.05, 0.1) is 26.7 Å². The zero-order valence-corrected chi connectivity index (χ0v) is 11.1. The van der Waals surface area contributed by atoms with Crippen molar-refractivity contribution in [3.63, 3.8) is 0 Å². The van der Waals surface area contributed by atoms with Crippen LogP contribution in [0.1, 0.15) is 18.4 Å². The van der Waals surface area contributed by atoms with E-state index >= 15 is 0 Å². The van der Waals surface area contributed by atoms with Gasteiger partial charge < -0.3 is 19.9 Å². The fraction of sp³-hybridized carbons (Fsp3) is 0.500. The van der Waals surface area contributed by atoms with Crippen LogP contribution in [-0.4, -0.2) is 32.3 Å². The van der Waals surface area contributed by atoms with Crippen LogP contribution >= 0.6 is 0 Å². The fourth-order valence-electron chi connectivity index (χ4n) is 2.01. The van der Waals surface area contributed by atoms with E-state index in [1.807, 2.05) is 18.2 Å². The van der Waals surface area contributed by atoms with Gasteiger partial charge in [0.15, 0.2) is 11.5 Å². The van der Waals surface area contributed by atoms with Crippen molar-refractivity contribution in [2.24, 2.45) is 5.73 Å². The van der Waals surface area contributed by atoms with E-state index in [9.17, 15) is 4.79 Å². The SMILES string of the molecule is COC(=O)CC(N)Cc1ccc2c(c1)OCCCO2. The average Bonchev–Trinajstić information content (AvgIpc) is 2.63. The number of ether oxygens (including phenoxy) is 3. The van der Waals surface area contributed by atoms with Crippen LogP contribution in [0.4, 0.5) is 0 Å². The minimum atomic E-state index is -0.290. The van der Waals surface area contributed by atoms with Gasteiger partial charge in [0.2, 0.25) is 0 Å². The lowest BCUT2D eigenvalue weighted by Gasteiger charge is -2.12. The molecule has 0 aliphatic carbocycles. The summed E-state index contributed by atoms with van der Waals surface area (Å²) in [6, 6.07) is 5.51. The molecule has 2 N–H and O–H groups in total. The average molecular weight is 265 g/mol. The van der Waals surface area contributed by atoms with E-state index in [1.54, 1.807) is 0 Å². The summed E-state index contributed by atoms with van der Waals surface area (Å²) in [5.74, 6) is 1.23. The van der Waals surface area contributed by atoms with E-state index < -0.39 is 0 Å². The predicted molar refractivity (Wildman–Crippen MR) is 70.4 cm³/mol. The Balaban J connectivity index is 2.01. The molecule has 0 spiro atoms. The number of hydrogen-bond acceptors (Lipinski definition) is 5. The number of rotatable bonds is 4. The number of methoxy groups -OCH3 is 1. The molecule has 5 heteroatoms. The molecule has 0 aromatic heterocycles. The number of nitrogens with two attached hydrogens (primary N) is 1. The molecule has 0 bridgehead atoms. The molecule has 1 heterocycles. The molecule has 1 aliphatic heterocycles. The zero-order valence-electron chi connectivity index (χ0n) is 11.1. The Kier molecular flexibility index (Phi) is 4.63. The van der Waals surface area contributed by atoms with Crippen LogP contribution in [0.15, 0.2) is 18.2 Å². The first-order chi connectivity index (χ1) is 9.19. The predicted octanol–water partition coefficient (Wildman–Crippen LogP) is 1.28. The Morgan fingerprint density at radius 2 is 2.11 bits per heavy atom. The fourth-order valence-corrected chi connectivity index (χ4v) is 2.01. The molecule has 1 unspecified atom stereocenters. The summed E-state index contributed by atoms with van der Waals surface area (Å²) in [6.45, 7) is 1.33. The van der Waals surface area contributed by atoms with Gasteiger partial charge in [0.25, 0.3) is 0 Å². The van der Waals surface area contributed by atoms with E-state index in [4.69, 9.17) is 15.2 Å². The molecule has 1 aromatic rings. The Morgan fingerprint density at radius 3 is 2.84 bits per heavy atom. The minimum Gasteiger partial charge on any atom is -0.490 e. The van der Waals surface area contributed by atoms with E-state index in [0.29, 0.717) is 19.6 Å². The van der Waals surface area contributed by atoms with Gasteiger partial charge in [-0.15, -0.1) is 0 Å². The summed E-state index contributed by atoms with van der Waals surface area (Å²) >= 11 is 0. The summed E-state index contributed by atoms with van der Waals surface area (Å²) in [5, 5.41) is 0. The molecule has 0 saturated heterocycles. The molecule has 0 saturated carbocycles. The highest BCUT2D eigenvalue weighted by Gasteiger charge is 2.14. The van der Waals surface area contributed by atoms with Gasteiger partial charge >= 0.3 is 5.97 Å². The summed E-state index contributed by atoms with van der Waals surface area (Å²) < 4.78 is 15.8. The van der Waals surface area contributed by atoms with Crippen LogP contribution < -0.4 is 15.2 Å². The third-order valence-electron chi connectivity index (χ3n) is 2.97. The lowest BCUT2D eigenvalue weighted by molar-refractivity contribution is -0.140. The molecule has 19 heavy (non-hydrogen) atoms. The maximum atomic E-state index is 11.1. The number of carbonyl (C=O) groups excluding carboxylic acids is 1. The molecular weight excluding hydrogens is 246 g/mol. The molecule has 104 valence electrons. The third-order valence-corrected chi connectivity index (χ3v) is 2.97. The van der Waals surface area contributed by atoms with Crippen molar-refractivity contribution >= 4 is 5.97 Å². The molecule has 2 rings (SSSR count). The monoisotopic (exact) mass is 265 g/mol. The Morgan fingerprint density at radius 1 is 1.37 bits per heavy atom. The van der Waals surface area contributed by atoms with Crippen LogP contribution in [0, 0.1) is 0 Å². The zero-order chi connectivity index (χ0) is 13.7. The van der Waals surface area contributed by atoms with Gasteiger partial charge in [-0.3, -0.25) is 4.79 Å². The molecule has 1 aromatic carbocycles. The van der Waals surface area contributed by atoms with Crippen molar-refractivity contribution in [3.05, 3.63) is 23.8 Å². The number of hydrogen-bond donors (Lipinski definition) is 1.